The molecule has 1 heterocycles. The predicted octanol–water partition coefficient (Wildman–Crippen LogP) is 3.63. The zero-order chi connectivity index (χ0) is 14.7. The fourth-order valence-electron chi connectivity index (χ4n) is 3.07. The SMILES string of the molecule is Cc1cccc(N2CCN(Cc3ccccc3)CC2)c1C. The van der Waals surface area contributed by atoms with Crippen LogP contribution in [0.4, 0.5) is 5.69 Å². The molecule has 2 aromatic rings. The van der Waals surface area contributed by atoms with Gasteiger partial charge in [0.15, 0.2) is 0 Å². The van der Waals surface area contributed by atoms with Crippen molar-refractivity contribution in [1.82, 2.24) is 4.90 Å². The van der Waals surface area contributed by atoms with Crippen molar-refractivity contribution in [2.45, 2.75) is 20.4 Å². The maximum absolute atomic E-state index is 2.55. The molecule has 3 rings (SSSR count). The molecule has 0 aliphatic carbocycles. The van der Waals surface area contributed by atoms with Crippen molar-refractivity contribution in [2.24, 2.45) is 0 Å². The van der Waals surface area contributed by atoms with E-state index in [2.05, 4.69) is 72.2 Å². The second-order valence-electron chi connectivity index (χ2n) is 5.97. The molecule has 0 amide bonds. The van der Waals surface area contributed by atoms with Crippen LogP contribution in [0.15, 0.2) is 48.5 Å². The van der Waals surface area contributed by atoms with E-state index in [1.165, 1.54) is 22.4 Å². The third kappa shape index (κ3) is 3.27. The Bertz CT molecular complexity index is 584. The van der Waals surface area contributed by atoms with E-state index in [1.54, 1.807) is 0 Å². The van der Waals surface area contributed by atoms with Gasteiger partial charge in [-0.05, 0) is 36.6 Å². The van der Waals surface area contributed by atoms with Crippen molar-refractivity contribution in [3.8, 4) is 0 Å². The number of aryl methyl sites for hydroxylation is 1. The number of piperazine rings is 1. The topological polar surface area (TPSA) is 6.48 Å². The molecule has 0 bridgehead atoms. The Balaban J connectivity index is 1.61. The molecular formula is C19H24N2. The van der Waals surface area contributed by atoms with Gasteiger partial charge >= 0.3 is 0 Å². The van der Waals surface area contributed by atoms with Crippen LogP contribution in [0.25, 0.3) is 0 Å². The molecule has 0 spiro atoms. The minimum absolute atomic E-state index is 1.07. The predicted molar refractivity (Wildman–Crippen MR) is 89.8 cm³/mol. The summed E-state index contributed by atoms with van der Waals surface area (Å²) in [6, 6.07) is 17.4. The highest BCUT2D eigenvalue weighted by molar-refractivity contribution is 5.56. The lowest BCUT2D eigenvalue weighted by Gasteiger charge is -2.37. The highest BCUT2D eigenvalue weighted by atomic mass is 15.3. The minimum atomic E-state index is 1.07. The monoisotopic (exact) mass is 280 g/mol. The lowest BCUT2D eigenvalue weighted by atomic mass is 10.1. The smallest absolute Gasteiger partial charge is 0.0399 e. The van der Waals surface area contributed by atoms with Crippen LogP contribution in [0.3, 0.4) is 0 Å². The number of hydrogen-bond donors (Lipinski definition) is 0. The van der Waals surface area contributed by atoms with Crippen LogP contribution in [0.5, 0.6) is 0 Å². The molecule has 0 N–H and O–H groups in total. The van der Waals surface area contributed by atoms with Gasteiger partial charge in [-0.25, -0.2) is 0 Å². The van der Waals surface area contributed by atoms with Crippen molar-refractivity contribution in [2.75, 3.05) is 31.1 Å². The molecule has 0 atom stereocenters. The van der Waals surface area contributed by atoms with Gasteiger partial charge in [-0.1, -0.05) is 42.5 Å². The lowest BCUT2D eigenvalue weighted by Crippen LogP contribution is -2.46. The van der Waals surface area contributed by atoms with Gasteiger partial charge in [-0.15, -0.1) is 0 Å². The Labute approximate surface area is 128 Å². The summed E-state index contributed by atoms with van der Waals surface area (Å²) in [5.74, 6) is 0. The van der Waals surface area contributed by atoms with Gasteiger partial charge in [0.25, 0.3) is 0 Å². The van der Waals surface area contributed by atoms with E-state index in [0.717, 1.165) is 32.7 Å². The quantitative estimate of drug-likeness (QED) is 0.847. The first kappa shape index (κ1) is 14.2. The molecule has 110 valence electrons. The molecule has 1 aliphatic heterocycles. The van der Waals surface area contributed by atoms with Crippen LogP contribution in [0.1, 0.15) is 16.7 Å². The average Bonchev–Trinajstić information content (AvgIpc) is 2.52. The van der Waals surface area contributed by atoms with E-state index >= 15 is 0 Å². The van der Waals surface area contributed by atoms with E-state index in [4.69, 9.17) is 0 Å². The third-order valence-electron chi connectivity index (χ3n) is 4.54. The molecule has 0 radical (unpaired) electrons. The summed E-state index contributed by atoms with van der Waals surface area (Å²) in [6.45, 7) is 10.0. The molecule has 1 saturated heterocycles. The molecular weight excluding hydrogens is 256 g/mol. The summed E-state index contributed by atoms with van der Waals surface area (Å²) in [5.41, 5.74) is 5.64. The summed E-state index contributed by atoms with van der Waals surface area (Å²) in [6.07, 6.45) is 0. The Hall–Kier alpha value is -1.80. The summed E-state index contributed by atoms with van der Waals surface area (Å²) >= 11 is 0. The van der Waals surface area contributed by atoms with Crippen LogP contribution >= 0.6 is 0 Å². The molecule has 2 aromatic carbocycles. The second-order valence-corrected chi connectivity index (χ2v) is 5.97. The number of benzene rings is 2. The summed E-state index contributed by atoms with van der Waals surface area (Å²) in [7, 11) is 0. The zero-order valence-electron chi connectivity index (χ0n) is 13.0. The number of rotatable bonds is 3. The first-order valence-electron chi connectivity index (χ1n) is 7.81. The molecule has 0 aromatic heterocycles. The van der Waals surface area contributed by atoms with E-state index in [9.17, 15) is 0 Å². The first-order valence-corrected chi connectivity index (χ1v) is 7.81. The second kappa shape index (κ2) is 6.31. The van der Waals surface area contributed by atoms with Gasteiger partial charge < -0.3 is 4.90 Å². The minimum Gasteiger partial charge on any atom is -0.369 e. The molecule has 0 saturated carbocycles. The summed E-state index contributed by atoms with van der Waals surface area (Å²) < 4.78 is 0. The van der Waals surface area contributed by atoms with E-state index in [-0.39, 0.29) is 0 Å². The van der Waals surface area contributed by atoms with Crippen LogP contribution in [-0.4, -0.2) is 31.1 Å². The Morgan fingerprint density at radius 1 is 0.810 bits per heavy atom. The first-order chi connectivity index (χ1) is 10.2. The van der Waals surface area contributed by atoms with Crippen LogP contribution in [0, 0.1) is 13.8 Å². The highest BCUT2D eigenvalue weighted by Crippen LogP contribution is 2.24. The molecule has 1 aliphatic rings. The Kier molecular flexibility index (Phi) is 4.26. The maximum Gasteiger partial charge on any atom is 0.0399 e. The van der Waals surface area contributed by atoms with Gasteiger partial charge in [0, 0.05) is 38.4 Å². The van der Waals surface area contributed by atoms with Gasteiger partial charge in [0.2, 0.25) is 0 Å². The Morgan fingerprint density at radius 3 is 2.24 bits per heavy atom. The van der Waals surface area contributed by atoms with Crippen molar-refractivity contribution < 1.29 is 0 Å². The highest BCUT2D eigenvalue weighted by Gasteiger charge is 2.18. The summed E-state index contributed by atoms with van der Waals surface area (Å²) in [4.78, 5) is 5.08. The Morgan fingerprint density at radius 2 is 1.52 bits per heavy atom. The average molecular weight is 280 g/mol. The van der Waals surface area contributed by atoms with Crippen LogP contribution < -0.4 is 4.90 Å². The van der Waals surface area contributed by atoms with Crippen molar-refractivity contribution in [1.29, 1.82) is 0 Å². The van der Waals surface area contributed by atoms with Crippen LogP contribution in [-0.2, 0) is 6.54 Å². The summed E-state index contributed by atoms with van der Waals surface area (Å²) in [5, 5.41) is 0. The molecule has 0 unspecified atom stereocenters. The fraction of sp³-hybridized carbons (Fsp3) is 0.368. The van der Waals surface area contributed by atoms with Gasteiger partial charge in [-0.2, -0.15) is 0 Å². The molecule has 1 fully saturated rings. The number of anilines is 1. The van der Waals surface area contributed by atoms with Gasteiger partial charge in [0.05, 0.1) is 0 Å². The zero-order valence-corrected chi connectivity index (χ0v) is 13.0. The van der Waals surface area contributed by atoms with E-state index < -0.39 is 0 Å². The molecule has 2 heteroatoms. The lowest BCUT2D eigenvalue weighted by molar-refractivity contribution is 0.250. The van der Waals surface area contributed by atoms with Crippen molar-refractivity contribution >= 4 is 5.69 Å². The number of hydrogen-bond acceptors (Lipinski definition) is 2. The fourth-order valence-corrected chi connectivity index (χ4v) is 3.07. The van der Waals surface area contributed by atoms with Gasteiger partial charge in [-0.3, -0.25) is 4.90 Å². The number of nitrogens with zero attached hydrogens (tertiary/aromatic N) is 2. The van der Waals surface area contributed by atoms with E-state index in [0.29, 0.717) is 0 Å². The van der Waals surface area contributed by atoms with Crippen molar-refractivity contribution in [3.63, 3.8) is 0 Å². The normalized spacial score (nSPS) is 16.2. The standard InChI is InChI=1S/C19H24N2/c1-16-7-6-10-19(17(16)2)21-13-11-20(12-14-21)15-18-8-4-3-5-9-18/h3-10H,11-15H2,1-2H3. The van der Waals surface area contributed by atoms with Crippen LogP contribution in [0.2, 0.25) is 0 Å². The largest absolute Gasteiger partial charge is 0.369 e. The third-order valence-corrected chi connectivity index (χ3v) is 4.54. The van der Waals surface area contributed by atoms with E-state index in [1.807, 2.05) is 0 Å². The van der Waals surface area contributed by atoms with Crippen molar-refractivity contribution in [3.05, 3.63) is 65.2 Å². The molecule has 2 nitrogen and oxygen atoms in total. The van der Waals surface area contributed by atoms with Gasteiger partial charge in [0.1, 0.15) is 0 Å². The maximum atomic E-state index is 2.55. The molecule has 21 heavy (non-hydrogen) atoms.